The van der Waals surface area contributed by atoms with Crippen LogP contribution >= 0.6 is 23.4 Å². The molecule has 0 fully saturated rings. The average molecular weight is 469 g/mol. The number of hydrogen-bond acceptors (Lipinski definition) is 4. The molecule has 0 saturated carbocycles. The van der Waals surface area contributed by atoms with Crippen LogP contribution in [0.25, 0.3) is 0 Å². The molecule has 6 nitrogen and oxygen atoms in total. The van der Waals surface area contributed by atoms with E-state index in [0.717, 1.165) is 10.5 Å². The predicted molar refractivity (Wildman–Crippen MR) is 128 cm³/mol. The summed E-state index contributed by atoms with van der Waals surface area (Å²) in [5.41, 5.74) is 2.38. The fourth-order valence-corrected chi connectivity index (χ4v) is 3.98. The van der Waals surface area contributed by atoms with Crippen molar-refractivity contribution in [3.8, 4) is 0 Å². The molecule has 2 amide bonds. The van der Waals surface area contributed by atoms with Crippen molar-refractivity contribution in [3.63, 3.8) is 0 Å². The van der Waals surface area contributed by atoms with Crippen LogP contribution in [0.4, 0.5) is 11.4 Å². The van der Waals surface area contributed by atoms with Crippen molar-refractivity contribution in [3.05, 3.63) is 88.4 Å². The van der Waals surface area contributed by atoms with Crippen LogP contribution in [0.3, 0.4) is 0 Å². The summed E-state index contributed by atoms with van der Waals surface area (Å²) in [6.45, 7) is 3.55. The van der Waals surface area contributed by atoms with Gasteiger partial charge in [0.15, 0.2) is 0 Å². The topological polar surface area (TPSA) is 95.5 Å². The molecule has 0 aliphatic carbocycles. The molecule has 0 saturated heterocycles. The normalized spacial score (nSPS) is 11.5. The number of halogens is 1. The molecule has 0 aliphatic rings. The lowest BCUT2D eigenvalue weighted by atomic mass is 10.1. The van der Waals surface area contributed by atoms with Crippen molar-refractivity contribution in [1.82, 2.24) is 0 Å². The number of aromatic carboxylic acids is 1. The average Bonchev–Trinajstić information content (AvgIpc) is 2.75. The van der Waals surface area contributed by atoms with Crippen LogP contribution < -0.4 is 10.6 Å². The van der Waals surface area contributed by atoms with Gasteiger partial charge in [-0.1, -0.05) is 29.8 Å². The van der Waals surface area contributed by atoms with Gasteiger partial charge in [-0.3, -0.25) is 9.59 Å². The molecule has 164 valence electrons. The van der Waals surface area contributed by atoms with Gasteiger partial charge in [0.2, 0.25) is 5.91 Å². The maximum Gasteiger partial charge on any atom is 0.335 e. The number of aryl methyl sites for hydroxylation is 1. The fraction of sp³-hybridized carbons (Fsp3) is 0.125. The second-order valence-electron chi connectivity index (χ2n) is 7.08. The standard InChI is InChI=1S/C24H21ClN2O4S/c1-14-9-10-17(24(30)31)12-21(14)27-22(28)15(2)32-20-8-4-7-19(13-20)26-23(29)16-5-3-6-18(25)11-16/h3-13,15H,1-2H3,(H,26,29)(H,27,28)(H,30,31). The largest absolute Gasteiger partial charge is 0.478 e. The summed E-state index contributed by atoms with van der Waals surface area (Å²) in [7, 11) is 0. The maximum absolute atomic E-state index is 12.7. The summed E-state index contributed by atoms with van der Waals surface area (Å²) in [5, 5.41) is 14.8. The van der Waals surface area contributed by atoms with Crippen LogP contribution in [0.1, 0.15) is 33.2 Å². The Labute approximate surface area is 195 Å². The zero-order chi connectivity index (χ0) is 23.3. The molecule has 3 N–H and O–H groups in total. The van der Waals surface area contributed by atoms with E-state index < -0.39 is 11.2 Å². The molecule has 1 unspecified atom stereocenters. The van der Waals surface area contributed by atoms with E-state index >= 15 is 0 Å². The van der Waals surface area contributed by atoms with Crippen LogP contribution in [-0.4, -0.2) is 28.1 Å². The number of hydrogen-bond donors (Lipinski definition) is 3. The minimum Gasteiger partial charge on any atom is -0.478 e. The Morgan fingerprint density at radius 3 is 2.41 bits per heavy atom. The number of carbonyl (C=O) groups excluding carboxylic acids is 2. The van der Waals surface area contributed by atoms with Crippen molar-refractivity contribution in [2.45, 2.75) is 24.0 Å². The van der Waals surface area contributed by atoms with Crippen molar-refractivity contribution in [2.75, 3.05) is 10.6 Å². The third-order valence-electron chi connectivity index (χ3n) is 4.60. The monoisotopic (exact) mass is 468 g/mol. The van der Waals surface area contributed by atoms with E-state index in [1.54, 1.807) is 62.4 Å². The predicted octanol–water partition coefficient (Wildman–Crippen LogP) is 5.72. The van der Waals surface area contributed by atoms with Crippen LogP contribution in [0.2, 0.25) is 5.02 Å². The van der Waals surface area contributed by atoms with Crippen molar-refractivity contribution < 1.29 is 19.5 Å². The van der Waals surface area contributed by atoms with E-state index in [9.17, 15) is 14.4 Å². The molecule has 0 radical (unpaired) electrons. The van der Waals surface area contributed by atoms with Gasteiger partial charge in [0.25, 0.3) is 5.91 Å². The third-order valence-corrected chi connectivity index (χ3v) is 5.93. The summed E-state index contributed by atoms with van der Waals surface area (Å²) < 4.78 is 0. The first-order valence-corrected chi connectivity index (χ1v) is 11.0. The Hall–Kier alpha value is -3.29. The highest BCUT2D eigenvalue weighted by Crippen LogP contribution is 2.27. The summed E-state index contributed by atoms with van der Waals surface area (Å²) >= 11 is 7.27. The zero-order valence-electron chi connectivity index (χ0n) is 17.4. The fourth-order valence-electron chi connectivity index (χ4n) is 2.86. The quantitative estimate of drug-likeness (QED) is 0.385. The van der Waals surface area contributed by atoms with Gasteiger partial charge < -0.3 is 15.7 Å². The molecule has 8 heteroatoms. The van der Waals surface area contributed by atoms with Crippen LogP contribution in [0.15, 0.2) is 71.6 Å². The number of carboxylic acids is 1. The first-order chi connectivity index (χ1) is 15.2. The van der Waals surface area contributed by atoms with Crippen LogP contribution in [0.5, 0.6) is 0 Å². The van der Waals surface area contributed by atoms with Crippen molar-refractivity contribution >= 4 is 52.5 Å². The molecule has 3 aromatic rings. The number of carbonyl (C=O) groups is 3. The number of carboxylic acid groups (broad SMARTS) is 1. The maximum atomic E-state index is 12.7. The Morgan fingerprint density at radius 1 is 0.938 bits per heavy atom. The van der Waals surface area contributed by atoms with Crippen LogP contribution in [-0.2, 0) is 4.79 Å². The van der Waals surface area contributed by atoms with Gasteiger partial charge in [-0.2, -0.15) is 0 Å². The van der Waals surface area contributed by atoms with Crippen molar-refractivity contribution in [1.29, 1.82) is 0 Å². The highest BCUT2D eigenvalue weighted by atomic mass is 35.5. The number of nitrogens with one attached hydrogen (secondary N) is 2. The smallest absolute Gasteiger partial charge is 0.335 e. The molecular weight excluding hydrogens is 448 g/mol. The number of rotatable bonds is 7. The summed E-state index contributed by atoms with van der Waals surface area (Å²) in [4.78, 5) is 37.1. The number of benzene rings is 3. The lowest BCUT2D eigenvalue weighted by Crippen LogP contribution is -2.23. The molecule has 0 heterocycles. The van der Waals surface area contributed by atoms with Crippen LogP contribution in [0, 0.1) is 6.92 Å². The van der Waals surface area contributed by atoms with E-state index in [4.69, 9.17) is 16.7 Å². The highest BCUT2D eigenvalue weighted by molar-refractivity contribution is 8.00. The number of amides is 2. The van der Waals surface area contributed by atoms with Gasteiger partial charge in [-0.25, -0.2) is 4.79 Å². The van der Waals surface area contributed by atoms with Gasteiger partial charge in [0.1, 0.15) is 0 Å². The molecular formula is C24H21ClN2O4S. The SMILES string of the molecule is Cc1ccc(C(=O)O)cc1NC(=O)C(C)Sc1cccc(NC(=O)c2cccc(Cl)c2)c1. The highest BCUT2D eigenvalue weighted by Gasteiger charge is 2.17. The van der Waals surface area contributed by atoms with E-state index in [0.29, 0.717) is 22.0 Å². The summed E-state index contributed by atoms with van der Waals surface area (Å²) in [6.07, 6.45) is 0. The Bertz CT molecular complexity index is 1180. The van der Waals surface area contributed by atoms with E-state index in [1.807, 2.05) is 6.07 Å². The Balaban J connectivity index is 1.66. The molecule has 0 bridgehead atoms. The second-order valence-corrected chi connectivity index (χ2v) is 8.93. The van der Waals surface area contributed by atoms with Crippen molar-refractivity contribution in [2.24, 2.45) is 0 Å². The molecule has 32 heavy (non-hydrogen) atoms. The van der Waals surface area contributed by atoms with Gasteiger partial charge in [0, 0.05) is 26.9 Å². The molecule has 0 spiro atoms. The lowest BCUT2D eigenvalue weighted by Gasteiger charge is -2.15. The third kappa shape index (κ3) is 6.12. The number of anilines is 2. The molecule has 0 aromatic heterocycles. The molecule has 3 aromatic carbocycles. The van der Waals surface area contributed by atoms with Gasteiger partial charge in [0.05, 0.1) is 10.8 Å². The Morgan fingerprint density at radius 2 is 1.69 bits per heavy atom. The minimum atomic E-state index is -1.06. The first-order valence-electron chi connectivity index (χ1n) is 9.71. The van der Waals surface area contributed by atoms with E-state index in [2.05, 4.69) is 10.6 Å². The van der Waals surface area contributed by atoms with Gasteiger partial charge >= 0.3 is 5.97 Å². The Kier molecular flexibility index (Phi) is 7.56. The second kappa shape index (κ2) is 10.3. The zero-order valence-corrected chi connectivity index (χ0v) is 19.0. The first kappa shape index (κ1) is 23.4. The van der Waals surface area contributed by atoms with Gasteiger partial charge in [-0.15, -0.1) is 11.8 Å². The van der Waals surface area contributed by atoms with E-state index in [1.165, 1.54) is 23.9 Å². The molecule has 3 rings (SSSR count). The van der Waals surface area contributed by atoms with E-state index in [-0.39, 0.29) is 17.4 Å². The lowest BCUT2D eigenvalue weighted by molar-refractivity contribution is -0.115. The summed E-state index contributed by atoms with van der Waals surface area (Å²) in [6, 6.07) is 18.4. The summed E-state index contributed by atoms with van der Waals surface area (Å²) in [5.74, 6) is -1.59. The molecule has 0 aliphatic heterocycles. The number of thioether (sulfide) groups is 1. The molecule has 1 atom stereocenters. The van der Waals surface area contributed by atoms with Gasteiger partial charge in [-0.05, 0) is 67.9 Å². The minimum absolute atomic E-state index is 0.106.